The summed E-state index contributed by atoms with van der Waals surface area (Å²) in [6, 6.07) is 17.0. The molecule has 0 aliphatic carbocycles. The average molecular weight is 341 g/mol. The molecule has 24 heavy (non-hydrogen) atoms. The number of hydrogen-bond donors (Lipinski definition) is 2. The van der Waals surface area contributed by atoms with Crippen molar-refractivity contribution in [3.8, 4) is 0 Å². The summed E-state index contributed by atoms with van der Waals surface area (Å²) >= 11 is 1.53. The third-order valence-corrected chi connectivity index (χ3v) is 4.91. The number of carbonyl (C=O) groups excluding carboxylic acids is 2. The van der Waals surface area contributed by atoms with E-state index in [4.69, 9.17) is 5.73 Å². The molecule has 1 amide bonds. The second-order valence-corrected chi connectivity index (χ2v) is 6.46. The van der Waals surface area contributed by atoms with Crippen LogP contribution in [0.4, 0.5) is 5.69 Å². The Balaban J connectivity index is 1.83. The molecule has 0 radical (unpaired) electrons. The fourth-order valence-electron chi connectivity index (χ4n) is 2.77. The molecule has 5 nitrogen and oxygen atoms in total. The number of nitrogens with zero attached hydrogens (tertiary/aromatic N) is 1. The van der Waals surface area contributed by atoms with Crippen molar-refractivity contribution in [3.63, 3.8) is 0 Å². The molecule has 0 aromatic heterocycles. The van der Waals surface area contributed by atoms with Crippen LogP contribution in [0.5, 0.6) is 0 Å². The van der Waals surface area contributed by atoms with Crippen molar-refractivity contribution in [1.29, 1.82) is 0 Å². The van der Waals surface area contributed by atoms with Gasteiger partial charge in [-0.25, -0.2) is 0 Å². The number of carbonyl (C=O) groups is 2. The fraction of sp³-hybridized carbons (Fsp3) is 0.222. The monoisotopic (exact) mass is 341 g/mol. The molecule has 3 rings (SSSR count). The first-order valence-corrected chi connectivity index (χ1v) is 8.59. The molecule has 124 valence electrons. The Morgan fingerprint density at radius 1 is 1.12 bits per heavy atom. The minimum atomic E-state index is -0.265. The summed E-state index contributed by atoms with van der Waals surface area (Å²) in [5, 5.41) is 0. The molecule has 1 aliphatic heterocycles. The molecule has 0 spiro atoms. The zero-order valence-electron chi connectivity index (χ0n) is 13.1. The normalized spacial score (nSPS) is 16.3. The van der Waals surface area contributed by atoms with E-state index in [-0.39, 0.29) is 30.7 Å². The van der Waals surface area contributed by atoms with Crippen LogP contribution in [0.1, 0.15) is 11.5 Å². The lowest BCUT2D eigenvalue weighted by molar-refractivity contribution is -0.122. The van der Waals surface area contributed by atoms with Gasteiger partial charge in [-0.3, -0.25) is 14.3 Å². The molecule has 0 fully saturated rings. The molecule has 3 N–H and O–H groups in total. The summed E-state index contributed by atoms with van der Waals surface area (Å²) < 4.78 is 3.20. The standard InChI is InChI=1S/C18H19N3O2S/c19-10-18(23)21(13-6-2-1-3-7-13)12-16(22)15-11-20-24-17-9-5-4-8-14(15)17/h1-9,15,20H,10-12,19H2. The van der Waals surface area contributed by atoms with Gasteiger partial charge in [0, 0.05) is 17.1 Å². The summed E-state index contributed by atoms with van der Waals surface area (Å²) in [6.45, 7) is 0.447. The Labute approximate surface area is 145 Å². The maximum atomic E-state index is 12.9. The molecule has 1 aliphatic rings. The van der Waals surface area contributed by atoms with Crippen molar-refractivity contribution < 1.29 is 9.59 Å². The van der Waals surface area contributed by atoms with E-state index in [2.05, 4.69) is 4.72 Å². The van der Waals surface area contributed by atoms with Crippen LogP contribution in [0.25, 0.3) is 0 Å². The molecule has 0 bridgehead atoms. The lowest BCUT2D eigenvalue weighted by Gasteiger charge is -2.28. The average Bonchev–Trinajstić information content (AvgIpc) is 2.65. The first-order chi connectivity index (χ1) is 11.7. The van der Waals surface area contributed by atoms with E-state index >= 15 is 0 Å². The van der Waals surface area contributed by atoms with E-state index in [0.717, 1.165) is 10.5 Å². The number of para-hydroxylation sites is 1. The number of hydrogen-bond acceptors (Lipinski definition) is 5. The number of amides is 1. The molecule has 6 heteroatoms. The van der Waals surface area contributed by atoms with Gasteiger partial charge in [0.1, 0.15) is 0 Å². The largest absolute Gasteiger partial charge is 0.322 e. The number of ketones is 1. The van der Waals surface area contributed by atoms with E-state index < -0.39 is 0 Å². The quantitative estimate of drug-likeness (QED) is 0.813. The van der Waals surface area contributed by atoms with Crippen LogP contribution in [0.2, 0.25) is 0 Å². The predicted octanol–water partition coefficient (Wildman–Crippen LogP) is 1.94. The van der Waals surface area contributed by atoms with E-state index in [1.807, 2.05) is 54.6 Å². The summed E-state index contributed by atoms with van der Waals surface area (Å²) in [6.07, 6.45) is 0. The van der Waals surface area contributed by atoms with Gasteiger partial charge in [0.15, 0.2) is 5.78 Å². The molecule has 2 aromatic carbocycles. The van der Waals surface area contributed by atoms with Gasteiger partial charge in [-0.15, -0.1) is 0 Å². The minimum absolute atomic E-state index is 0.000836. The van der Waals surface area contributed by atoms with Gasteiger partial charge in [0.05, 0.1) is 19.0 Å². The molecule has 0 saturated carbocycles. The van der Waals surface area contributed by atoms with Crippen molar-refractivity contribution >= 4 is 29.3 Å². The Kier molecular flexibility index (Phi) is 5.30. The number of benzene rings is 2. The lowest BCUT2D eigenvalue weighted by Crippen LogP contribution is -2.42. The molecule has 1 atom stereocenters. The smallest absolute Gasteiger partial charge is 0.241 e. The Morgan fingerprint density at radius 3 is 2.58 bits per heavy atom. The van der Waals surface area contributed by atoms with Crippen LogP contribution in [0.15, 0.2) is 59.5 Å². The van der Waals surface area contributed by atoms with Crippen molar-refractivity contribution in [2.24, 2.45) is 5.73 Å². The highest BCUT2D eigenvalue weighted by atomic mass is 32.2. The van der Waals surface area contributed by atoms with Crippen LogP contribution < -0.4 is 15.4 Å². The zero-order valence-corrected chi connectivity index (χ0v) is 14.0. The number of nitrogens with one attached hydrogen (secondary N) is 1. The third kappa shape index (κ3) is 3.51. The third-order valence-electron chi connectivity index (χ3n) is 4.01. The Hall–Kier alpha value is -2.15. The Bertz CT molecular complexity index is 736. The summed E-state index contributed by atoms with van der Waals surface area (Å²) in [7, 11) is 0. The summed E-state index contributed by atoms with van der Waals surface area (Å²) in [4.78, 5) is 27.6. The van der Waals surface area contributed by atoms with Crippen LogP contribution in [-0.4, -0.2) is 31.3 Å². The lowest BCUT2D eigenvalue weighted by atomic mass is 9.94. The highest BCUT2D eigenvalue weighted by Gasteiger charge is 2.29. The maximum absolute atomic E-state index is 12.9. The van der Waals surface area contributed by atoms with Gasteiger partial charge in [0.2, 0.25) is 5.91 Å². The van der Waals surface area contributed by atoms with Gasteiger partial charge in [-0.1, -0.05) is 36.4 Å². The molecule has 0 saturated heterocycles. The molecule has 2 aromatic rings. The van der Waals surface area contributed by atoms with Crippen LogP contribution in [-0.2, 0) is 9.59 Å². The number of rotatable bonds is 5. The zero-order chi connectivity index (χ0) is 16.9. The van der Waals surface area contributed by atoms with Gasteiger partial charge in [-0.05, 0) is 35.7 Å². The molecular formula is C18H19N3O2S. The highest BCUT2D eigenvalue weighted by Crippen LogP contribution is 2.32. The van der Waals surface area contributed by atoms with Crippen molar-refractivity contribution in [1.82, 2.24) is 4.72 Å². The first-order valence-electron chi connectivity index (χ1n) is 7.77. The van der Waals surface area contributed by atoms with E-state index in [9.17, 15) is 9.59 Å². The van der Waals surface area contributed by atoms with Gasteiger partial charge in [-0.2, -0.15) is 0 Å². The predicted molar refractivity (Wildman–Crippen MR) is 95.9 cm³/mol. The van der Waals surface area contributed by atoms with Gasteiger partial charge in [0.25, 0.3) is 0 Å². The van der Waals surface area contributed by atoms with E-state index in [0.29, 0.717) is 12.2 Å². The van der Waals surface area contributed by atoms with Gasteiger partial charge < -0.3 is 10.6 Å². The number of nitrogens with two attached hydrogens (primary N) is 1. The number of Topliss-reactive ketones (excluding diaryl/α,β-unsaturated/α-hetero) is 1. The van der Waals surface area contributed by atoms with Crippen molar-refractivity contribution in [3.05, 3.63) is 60.2 Å². The highest BCUT2D eigenvalue weighted by molar-refractivity contribution is 7.97. The summed E-state index contributed by atoms with van der Waals surface area (Å²) in [5.74, 6) is -0.527. The second-order valence-electron chi connectivity index (χ2n) is 5.53. The molecule has 1 heterocycles. The fourth-order valence-corrected chi connectivity index (χ4v) is 3.65. The first kappa shape index (κ1) is 16.7. The van der Waals surface area contributed by atoms with Gasteiger partial charge >= 0.3 is 0 Å². The summed E-state index contributed by atoms with van der Waals surface area (Å²) in [5.41, 5.74) is 7.22. The molecule has 1 unspecified atom stereocenters. The Morgan fingerprint density at radius 2 is 1.83 bits per heavy atom. The number of anilines is 1. The minimum Gasteiger partial charge on any atom is -0.322 e. The van der Waals surface area contributed by atoms with Crippen LogP contribution >= 0.6 is 11.9 Å². The SMILES string of the molecule is NCC(=O)N(CC(=O)C1CNSc2ccccc21)c1ccccc1. The van der Waals surface area contributed by atoms with E-state index in [1.54, 1.807) is 0 Å². The van der Waals surface area contributed by atoms with Crippen molar-refractivity contribution in [2.75, 3.05) is 24.5 Å². The van der Waals surface area contributed by atoms with Crippen molar-refractivity contribution in [2.45, 2.75) is 10.8 Å². The second kappa shape index (κ2) is 7.61. The maximum Gasteiger partial charge on any atom is 0.241 e. The topological polar surface area (TPSA) is 75.4 Å². The number of fused-ring (bicyclic) bond motifs is 1. The van der Waals surface area contributed by atoms with Crippen LogP contribution in [0, 0.1) is 0 Å². The molecular weight excluding hydrogens is 322 g/mol. The van der Waals surface area contributed by atoms with Crippen LogP contribution in [0.3, 0.4) is 0 Å². The van der Waals surface area contributed by atoms with E-state index in [1.165, 1.54) is 16.8 Å².